The number of anilines is 1. The van der Waals surface area contributed by atoms with Crippen molar-refractivity contribution in [3.63, 3.8) is 0 Å². The Labute approximate surface area is 110 Å². The van der Waals surface area contributed by atoms with E-state index in [9.17, 15) is 0 Å². The average molecular weight is 248 g/mol. The minimum absolute atomic E-state index is 0.359. The summed E-state index contributed by atoms with van der Waals surface area (Å²) in [6.45, 7) is 10.3. The predicted molar refractivity (Wildman–Crippen MR) is 76.4 cm³/mol. The van der Waals surface area contributed by atoms with E-state index in [1.54, 1.807) is 0 Å². The summed E-state index contributed by atoms with van der Waals surface area (Å²) in [5.41, 5.74) is 5.27. The SMILES string of the molecule is Cc1cc(C)c(NCCC2CNCCO2)c(C)c1. The van der Waals surface area contributed by atoms with Crippen LogP contribution in [-0.4, -0.2) is 32.3 Å². The molecule has 0 radical (unpaired) electrons. The molecule has 1 aromatic carbocycles. The Hall–Kier alpha value is -1.06. The first-order chi connectivity index (χ1) is 8.66. The largest absolute Gasteiger partial charge is 0.385 e. The Morgan fingerprint density at radius 2 is 2.00 bits per heavy atom. The maximum atomic E-state index is 5.69. The quantitative estimate of drug-likeness (QED) is 0.858. The van der Waals surface area contributed by atoms with Gasteiger partial charge in [-0.25, -0.2) is 0 Å². The molecule has 0 saturated carbocycles. The number of aryl methyl sites for hydroxylation is 3. The van der Waals surface area contributed by atoms with Gasteiger partial charge in [-0.2, -0.15) is 0 Å². The molecule has 3 heteroatoms. The second-order valence-electron chi connectivity index (χ2n) is 5.19. The zero-order valence-corrected chi connectivity index (χ0v) is 11.7. The van der Waals surface area contributed by atoms with Crippen LogP contribution in [0.5, 0.6) is 0 Å². The van der Waals surface area contributed by atoms with Crippen LogP contribution in [-0.2, 0) is 4.74 Å². The van der Waals surface area contributed by atoms with Crippen molar-refractivity contribution in [2.75, 3.05) is 31.6 Å². The van der Waals surface area contributed by atoms with Gasteiger partial charge in [0.1, 0.15) is 0 Å². The Morgan fingerprint density at radius 3 is 2.61 bits per heavy atom. The molecule has 0 spiro atoms. The molecule has 3 nitrogen and oxygen atoms in total. The van der Waals surface area contributed by atoms with Crippen LogP contribution in [0.2, 0.25) is 0 Å². The van der Waals surface area contributed by atoms with E-state index in [2.05, 4.69) is 43.5 Å². The molecule has 1 unspecified atom stereocenters. The second-order valence-corrected chi connectivity index (χ2v) is 5.19. The van der Waals surface area contributed by atoms with Crippen molar-refractivity contribution in [1.29, 1.82) is 0 Å². The highest BCUT2D eigenvalue weighted by molar-refractivity contribution is 5.58. The zero-order valence-electron chi connectivity index (χ0n) is 11.7. The van der Waals surface area contributed by atoms with E-state index < -0.39 is 0 Å². The highest BCUT2D eigenvalue weighted by Gasteiger charge is 2.12. The summed E-state index contributed by atoms with van der Waals surface area (Å²) in [6.07, 6.45) is 1.41. The van der Waals surface area contributed by atoms with Crippen LogP contribution in [0.4, 0.5) is 5.69 Å². The smallest absolute Gasteiger partial charge is 0.0716 e. The molecule has 1 saturated heterocycles. The van der Waals surface area contributed by atoms with Crippen molar-refractivity contribution < 1.29 is 4.74 Å². The molecule has 1 aromatic rings. The lowest BCUT2D eigenvalue weighted by Gasteiger charge is -2.24. The highest BCUT2D eigenvalue weighted by Crippen LogP contribution is 2.21. The van der Waals surface area contributed by atoms with Crippen LogP contribution in [0, 0.1) is 20.8 Å². The molecule has 100 valence electrons. The van der Waals surface area contributed by atoms with E-state index in [4.69, 9.17) is 4.74 Å². The van der Waals surface area contributed by atoms with Crippen LogP contribution in [0.15, 0.2) is 12.1 Å². The third-order valence-corrected chi connectivity index (χ3v) is 3.45. The molecule has 0 amide bonds. The summed E-state index contributed by atoms with van der Waals surface area (Å²) in [5, 5.41) is 6.91. The number of nitrogens with one attached hydrogen (secondary N) is 2. The first kappa shape index (κ1) is 13.4. The normalized spacial score (nSPS) is 19.8. The molecule has 1 aliphatic rings. The molecule has 0 bridgehead atoms. The van der Waals surface area contributed by atoms with Gasteiger partial charge in [0, 0.05) is 25.3 Å². The Morgan fingerprint density at radius 1 is 1.28 bits per heavy atom. The molecule has 2 rings (SSSR count). The zero-order chi connectivity index (χ0) is 13.0. The minimum atomic E-state index is 0.359. The summed E-state index contributed by atoms with van der Waals surface area (Å²) >= 11 is 0. The fourth-order valence-corrected chi connectivity index (χ4v) is 2.62. The van der Waals surface area contributed by atoms with E-state index in [1.807, 2.05) is 0 Å². The van der Waals surface area contributed by atoms with Crippen LogP contribution < -0.4 is 10.6 Å². The van der Waals surface area contributed by atoms with Gasteiger partial charge in [0.2, 0.25) is 0 Å². The van der Waals surface area contributed by atoms with Gasteiger partial charge in [0.05, 0.1) is 12.7 Å². The third-order valence-electron chi connectivity index (χ3n) is 3.45. The monoisotopic (exact) mass is 248 g/mol. The number of hydrogen-bond acceptors (Lipinski definition) is 3. The van der Waals surface area contributed by atoms with E-state index in [0.717, 1.165) is 32.7 Å². The van der Waals surface area contributed by atoms with Gasteiger partial charge in [-0.15, -0.1) is 0 Å². The maximum absolute atomic E-state index is 5.69. The maximum Gasteiger partial charge on any atom is 0.0716 e. The molecule has 0 aliphatic carbocycles. The number of rotatable bonds is 4. The standard InChI is InChI=1S/C15H24N2O/c1-11-8-12(2)15(13(3)9-11)17-5-4-14-10-16-6-7-18-14/h8-9,14,16-17H,4-7,10H2,1-3H3. The topological polar surface area (TPSA) is 33.3 Å². The van der Waals surface area contributed by atoms with Crippen LogP contribution >= 0.6 is 0 Å². The summed E-state index contributed by atoms with van der Waals surface area (Å²) < 4.78 is 5.69. The van der Waals surface area contributed by atoms with Gasteiger partial charge < -0.3 is 15.4 Å². The van der Waals surface area contributed by atoms with Gasteiger partial charge in [-0.3, -0.25) is 0 Å². The molecule has 2 N–H and O–H groups in total. The molecule has 1 aliphatic heterocycles. The van der Waals surface area contributed by atoms with Gasteiger partial charge in [0.25, 0.3) is 0 Å². The van der Waals surface area contributed by atoms with Crippen molar-refractivity contribution in [2.24, 2.45) is 0 Å². The number of benzene rings is 1. The van der Waals surface area contributed by atoms with E-state index in [1.165, 1.54) is 22.4 Å². The fraction of sp³-hybridized carbons (Fsp3) is 0.600. The lowest BCUT2D eigenvalue weighted by atomic mass is 10.0. The average Bonchev–Trinajstić information content (AvgIpc) is 2.34. The van der Waals surface area contributed by atoms with Crippen molar-refractivity contribution >= 4 is 5.69 Å². The van der Waals surface area contributed by atoms with Gasteiger partial charge >= 0.3 is 0 Å². The van der Waals surface area contributed by atoms with E-state index in [-0.39, 0.29) is 0 Å². The predicted octanol–water partition coefficient (Wildman–Crippen LogP) is 2.40. The fourth-order valence-electron chi connectivity index (χ4n) is 2.62. The van der Waals surface area contributed by atoms with Crippen LogP contribution in [0.1, 0.15) is 23.1 Å². The van der Waals surface area contributed by atoms with E-state index in [0.29, 0.717) is 6.10 Å². The molecule has 18 heavy (non-hydrogen) atoms. The van der Waals surface area contributed by atoms with Crippen LogP contribution in [0.25, 0.3) is 0 Å². The molecular formula is C15H24N2O. The number of hydrogen-bond donors (Lipinski definition) is 2. The van der Waals surface area contributed by atoms with Gasteiger partial charge in [0.15, 0.2) is 0 Å². The summed E-state index contributed by atoms with van der Waals surface area (Å²) in [5.74, 6) is 0. The summed E-state index contributed by atoms with van der Waals surface area (Å²) in [6, 6.07) is 4.46. The molecule has 1 atom stereocenters. The minimum Gasteiger partial charge on any atom is -0.385 e. The second kappa shape index (κ2) is 6.21. The lowest BCUT2D eigenvalue weighted by molar-refractivity contribution is 0.0258. The molecular weight excluding hydrogens is 224 g/mol. The molecule has 1 heterocycles. The Bertz CT molecular complexity index is 374. The number of morpholine rings is 1. The third kappa shape index (κ3) is 3.47. The first-order valence-electron chi connectivity index (χ1n) is 6.81. The van der Waals surface area contributed by atoms with E-state index >= 15 is 0 Å². The van der Waals surface area contributed by atoms with Gasteiger partial charge in [-0.05, 0) is 38.3 Å². The van der Waals surface area contributed by atoms with Crippen molar-refractivity contribution in [1.82, 2.24) is 5.32 Å². The highest BCUT2D eigenvalue weighted by atomic mass is 16.5. The van der Waals surface area contributed by atoms with Gasteiger partial charge in [-0.1, -0.05) is 17.7 Å². The first-order valence-corrected chi connectivity index (χ1v) is 6.81. The number of ether oxygens (including phenoxy) is 1. The lowest BCUT2D eigenvalue weighted by Crippen LogP contribution is -2.39. The summed E-state index contributed by atoms with van der Waals surface area (Å²) in [4.78, 5) is 0. The molecule has 1 fully saturated rings. The van der Waals surface area contributed by atoms with Crippen molar-refractivity contribution in [3.05, 3.63) is 28.8 Å². The Kier molecular flexibility index (Phi) is 4.61. The van der Waals surface area contributed by atoms with Crippen LogP contribution in [0.3, 0.4) is 0 Å². The summed E-state index contributed by atoms with van der Waals surface area (Å²) in [7, 11) is 0. The van der Waals surface area contributed by atoms with Crippen molar-refractivity contribution in [3.8, 4) is 0 Å². The molecule has 0 aromatic heterocycles. The Balaban J connectivity index is 1.86. The van der Waals surface area contributed by atoms with Crippen molar-refractivity contribution in [2.45, 2.75) is 33.3 Å².